The summed E-state index contributed by atoms with van der Waals surface area (Å²) in [6, 6.07) is 42.3. The Labute approximate surface area is 298 Å². The van der Waals surface area contributed by atoms with E-state index in [4.69, 9.17) is 20.2 Å². The van der Waals surface area contributed by atoms with Crippen LogP contribution in [0.1, 0.15) is 36.1 Å². The van der Waals surface area contributed by atoms with E-state index in [1.807, 2.05) is 73.1 Å². The van der Waals surface area contributed by atoms with Crippen LogP contribution in [0.4, 0.5) is 0 Å². The summed E-state index contributed by atoms with van der Waals surface area (Å²) in [5.74, 6) is 1.24. The number of rotatable bonds is 9. The van der Waals surface area contributed by atoms with Gasteiger partial charge in [0.25, 0.3) is 0 Å². The van der Waals surface area contributed by atoms with Crippen LogP contribution in [-0.2, 0) is 5.41 Å². The highest BCUT2D eigenvalue weighted by atomic mass is 15.3. The molecule has 51 heavy (non-hydrogen) atoms. The standard InChI is InChI=1S/C45H36N6/c1-45(2)41-22-10-9-21-39(41)40-30-35(23-24-42(40)45)36-27-37(43-46-31-50(48-43)25-13-11-19-33-15-5-3-6-16-33)29-38(28-36)44-47-32-51(49-44)26-14-12-20-34-17-7-4-8-18-34/h3-32H,1-2H3/b19-11+,20-12+,25-13-,26-14-. The first-order valence-electron chi connectivity index (χ1n) is 17.0. The van der Waals surface area contributed by atoms with E-state index in [1.54, 1.807) is 22.0 Å². The van der Waals surface area contributed by atoms with Crippen LogP contribution in [0.2, 0.25) is 0 Å². The molecule has 0 unspecified atom stereocenters. The third kappa shape index (κ3) is 6.67. The minimum Gasteiger partial charge on any atom is -0.228 e. The molecule has 6 nitrogen and oxygen atoms in total. The molecule has 8 rings (SSSR count). The van der Waals surface area contributed by atoms with Crippen molar-refractivity contribution < 1.29 is 0 Å². The molecule has 6 heteroatoms. The predicted octanol–water partition coefficient (Wildman–Crippen LogP) is 10.5. The molecule has 0 radical (unpaired) electrons. The lowest BCUT2D eigenvalue weighted by Crippen LogP contribution is -2.14. The lowest BCUT2D eigenvalue weighted by Gasteiger charge is -2.21. The lowest BCUT2D eigenvalue weighted by atomic mass is 9.82. The summed E-state index contributed by atoms with van der Waals surface area (Å²) < 4.78 is 3.46. The third-order valence-electron chi connectivity index (χ3n) is 9.26. The van der Waals surface area contributed by atoms with E-state index in [9.17, 15) is 0 Å². The maximum atomic E-state index is 4.80. The Hall–Kier alpha value is -6.66. The minimum atomic E-state index is -0.0570. The van der Waals surface area contributed by atoms with Crippen LogP contribution >= 0.6 is 0 Å². The molecule has 0 N–H and O–H groups in total. The first kappa shape index (κ1) is 31.6. The molecule has 7 aromatic rings. The summed E-state index contributed by atoms with van der Waals surface area (Å²) in [4.78, 5) is 9.38. The van der Waals surface area contributed by atoms with Gasteiger partial charge in [-0.25, -0.2) is 19.3 Å². The average Bonchev–Trinajstić information content (AvgIpc) is 3.91. The van der Waals surface area contributed by atoms with E-state index in [-0.39, 0.29) is 5.41 Å². The van der Waals surface area contributed by atoms with Crippen molar-refractivity contribution in [1.29, 1.82) is 0 Å². The third-order valence-corrected chi connectivity index (χ3v) is 9.26. The van der Waals surface area contributed by atoms with Crippen LogP contribution in [-0.4, -0.2) is 29.5 Å². The fourth-order valence-electron chi connectivity index (χ4n) is 6.65. The van der Waals surface area contributed by atoms with Crippen molar-refractivity contribution in [3.8, 4) is 45.0 Å². The average molecular weight is 661 g/mol. The molecular formula is C45H36N6. The smallest absolute Gasteiger partial charge is 0.181 e. The lowest BCUT2D eigenvalue weighted by molar-refractivity contribution is 0.660. The summed E-state index contributed by atoms with van der Waals surface area (Å²) in [6.45, 7) is 4.61. The largest absolute Gasteiger partial charge is 0.228 e. The zero-order valence-electron chi connectivity index (χ0n) is 28.5. The van der Waals surface area contributed by atoms with Gasteiger partial charge in [0.2, 0.25) is 0 Å². The van der Waals surface area contributed by atoms with Gasteiger partial charge in [-0.1, -0.05) is 135 Å². The molecule has 0 fully saturated rings. The number of aromatic nitrogens is 6. The van der Waals surface area contributed by atoms with E-state index in [0.717, 1.165) is 33.4 Å². The molecule has 1 aliphatic carbocycles. The normalized spacial score (nSPS) is 13.5. The van der Waals surface area contributed by atoms with E-state index in [0.29, 0.717) is 11.6 Å². The minimum absolute atomic E-state index is 0.0570. The van der Waals surface area contributed by atoms with Gasteiger partial charge in [0.05, 0.1) is 0 Å². The molecule has 0 saturated carbocycles. The van der Waals surface area contributed by atoms with Gasteiger partial charge in [-0.05, 0) is 80.9 Å². The van der Waals surface area contributed by atoms with Gasteiger partial charge in [-0.15, -0.1) is 10.2 Å². The Morgan fingerprint density at radius 1 is 0.471 bits per heavy atom. The molecule has 0 amide bonds. The number of nitrogens with zero attached hydrogens (tertiary/aromatic N) is 6. The van der Waals surface area contributed by atoms with Crippen LogP contribution in [0.15, 0.2) is 158 Å². The van der Waals surface area contributed by atoms with Crippen LogP contribution in [0.5, 0.6) is 0 Å². The fourth-order valence-corrected chi connectivity index (χ4v) is 6.65. The van der Waals surface area contributed by atoms with E-state index >= 15 is 0 Å². The van der Waals surface area contributed by atoms with E-state index < -0.39 is 0 Å². The summed E-state index contributed by atoms with van der Waals surface area (Å²) in [6.07, 6.45) is 19.2. The Kier molecular flexibility index (Phi) is 8.48. The topological polar surface area (TPSA) is 61.4 Å². The van der Waals surface area contributed by atoms with Gasteiger partial charge in [0.1, 0.15) is 12.7 Å². The molecule has 246 valence electrons. The van der Waals surface area contributed by atoms with Crippen molar-refractivity contribution >= 4 is 24.6 Å². The summed E-state index contributed by atoms with van der Waals surface area (Å²) in [7, 11) is 0. The van der Waals surface area contributed by atoms with Crippen LogP contribution < -0.4 is 0 Å². The van der Waals surface area contributed by atoms with Crippen molar-refractivity contribution in [2.75, 3.05) is 0 Å². The van der Waals surface area contributed by atoms with Gasteiger partial charge in [-0.2, -0.15) is 0 Å². The van der Waals surface area contributed by atoms with Crippen LogP contribution in [0, 0.1) is 0 Å². The number of allylic oxidation sites excluding steroid dienone is 4. The van der Waals surface area contributed by atoms with E-state index in [2.05, 4.69) is 111 Å². The second-order valence-electron chi connectivity index (χ2n) is 13.0. The second kappa shape index (κ2) is 13.7. The highest BCUT2D eigenvalue weighted by Gasteiger charge is 2.35. The highest BCUT2D eigenvalue weighted by Crippen LogP contribution is 2.49. The Morgan fingerprint density at radius 2 is 0.980 bits per heavy atom. The number of benzene rings is 5. The SMILES string of the molecule is CC1(C)c2ccccc2-c2cc(-c3cc(-c4ncn(/C=C\C=C\c5ccccc5)n4)cc(-c4ncn(/C=C\C=C\c5ccccc5)n4)c3)ccc21. The molecule has 0 aliphatic heterocycles. The van der Waals surface area contributed by atoms with Crippen LogP contribution in [0.3, 0.4) is 0 Å². The van der Waals surface area contributed by atoms with Crippen molar-refractivity contribution in [2.24, 2.45) is 0 Å². The molecule has 0 atom stereocenters. The number of hydrogen-bond acceptors (Lipinski definition) is 4. The number of hydrogen-bond donors (Lipinski definition) is 0. The molecular weight excluding hydrogens is 625 g/mol. The highest BCUT2D eigenvalue weighted by molar-refractivity contribution is 5.86. The first-order valence-corrected chi connectivity index (χ1v) is 17.0. The molecule has 2 aromatic heterocycles. The molecule has 0 saturated heterocycles. The molecule has 1 aliphatic rings. The zero-order chi connectivity index (χ0) is 34.6. The molecule has 5 aromatic carbocycles. The first-order chi connectivity index (χ1) is 25.0. The molecule has 0 spiro atoms. The predicted molar refractivity (Wildman–Crippen MR) is 209 cm³/mol. The van der Waals surface area contributed by atoms with E-state index in [1.165, 1.54) is 22.3 Å². The van der Waals surface area contributed by atoms with Crippen LogP contribution in [0.25, 0.3) is 69.6 Å². The Morgan fingerprint density at radius 3 is 1.57 bits per heavy atom. The number of fused-ring (bicyclic) bond motifs is 3. The van der Waals surface area contributed by atoms with Crippen molar-refractivity contribution in [2.45, 2.75) is 19.3 Å². The summed E-state index contributed by atoms with van der Waals surface area (Å²) in [5.41, 5.74) is 11.4. The Bertz CT molecular complexity index is 2330. The van der Waals surface area contributed by atoms with Gasteiger partial charge in [0.15, 0.2) is 11.6 Å². The summed E-state index contributed by atoms with van der Waals surface area (Å²) in [5, 5.41) is 9.60. The Balaban J connectivity index is 1.14. The maximum Gasteiger partial charge on any atom is 0.181 e. The zero-order valence-corrected chi connectivity index (χ0v) is 28.5. The second-order valence-corrected chi connectivity index (χ2v) is 13.0. The monoisotopic (exact) mass is 660 g/mol. The van der Waals surface area contributed by atoms with Crippen molar-refractivity contribution in [3.05, 3.63) is 181 Å². The summed E-state index contributed by atoms with van der Waals surface area (Å²) >= 11 is 0. The molecule has 0 bridgehead atoms. The van der Waals surface area contributed by atoms with Gasteiger partial charge < -0.3 is 0 Å². The molecule has 2 heterocycles. The van der Waals surface area contributed by atoms with Gasteiger partial charge in [0, 0.05) is 28.9 Å². The maximum absolute atomic E-state index is 4.80. The van der Waals surface area contributed by atoms with Gasteiger partial charge in [-0.3, -0.25) is 0 Å². The van der Waals surface area contributed by atoms with Crippen molar-refractivity contribution in [1.82, 2.24) is 29.5 Å². The quantitative estimate of drug-likeness (QED) is 0.145. The fraction of sp³-hybridized carbons (Fsp3) is 0.0667. The van der Waals surface area contributed by atoms with Gasteiger partial charge >= 0.3 is 0 Å². The van der Waals surface area contributed by atoms with Crippen molar-refractivity contribution in [3.63, 3.8) is 0 Å².